The summed E-state index contributed by atoms with van der Waals surface area (Å²) in [5.41, 5.74) is 2.94. The van der Waals surface area contributed by atoms with Crippen LogP contribution in [0.15, 0.2) is 102 Å². The summed E-state index contributed by atoms with van der Waals surface area (Å²) < 4.78 is 25.4. The fourth-order valence-electron chi connectivity index (χ4n) is 3.21. The van der Waals surface area contributed by atoms with E-state index in [-0.39, 0.29) is 16.1 Å². The molecule has 0 fully saturated rings. The molecule has 0 saturated heterocycles. The minimum Gasteiger partial charge on any atom is -0.355 e. The van der Waals surface area contributed by atoms with Gasteiger partial charge in [0.15, 0.2) is 0 Å². The van der Waals surface area contributed by atoms with Gasteiger partial charge < -0.3 is 5.32 Å². The Kier molecular flexibility index (Phi) is 5.97. The summed E-state index contributed by atoms with van der Waals surface area (Å²) >= 11 is 0. The van der Waals surface area contributed by atoms with Crippen LogP contribution in [0.2, 0.25) is 0 Å². The summed E-state index contributed by atoms with van der Waals surface area (Å²) in [6, 6.07) is 21.8. The van der Waals surface area contributed by atoms with Crippen molar-refractivity contribution in [3.8, 4) is 11.1 Å². The van der Waals surface area contributed by atoms with Gasteiger partial charge in [0.2, 0.25) is 9.84 Å². The number of hydrogen-bond donors (Lipinski definition) is 1. The molecule has 9 heteroatoms. The predicted molar refractivity (Wildman–Crippen MR) is 124 cm³/mol. The molecule has 0 bridgehead atoms. The Labute approximate surface area is 189 Å². The Bertz CT molecular complexity index is 1420. The Morgan fingerprint density at radius 3 is 2.18 bits per heavy atom. The van der Waals surface area contributed by atoms with E-state index in [4.69, 9.17) is 0 Å². The van der Waals surface area contributed by atoms with Crippen LogP contribution in [-0.4, -0.2) is 23.4 Å². The van der Waals surface area contributed by atoms with Gasteiger partial charge in [0.1, 0.15) is 0 Å². The summed E-state index contributed by atoms with van der Waals surface area (Å²) in [6.45, 7) is 0. The molecule has 0 aliphatic rings. The number of carbonyl (C=O) groups is 1. The van der Waals surface area contributed by atoms with Gasteiger partial charge in [0.25, 0.3) is 10.8 Å². The monoisotopic (exact) mass is 459 g/mol. The van der Waals surface area contributed by atoms with Crippen LogP contribution in [0.25, 0.3) is 11.1 Å². The number of aromatic nitrogens is 1. The van der Waals surface area contributed by atoms with Crippen LogP contribution in [0, 0.1) is 10.1 Å². The summed E-state index contributed by atoms with van der Waals surface area (Å²) in [7, 11) is -4.35. The third-order valence-corrected chi connectivity index (χ3v) is 6.52. The summed E-state index contributed by atoms with van der Waals surface area (Å²) in [4.78, 5) is 26.7. The minimum absolute atomic E-state index is 0.0152. The number of para-hydroxylation sites is 1. The number of carbonyl (C=O) groups excluding carboxylic acids is 1. The summed E-state index contributed by atoms with van der Waals surface area (Å²) in [5.74, 6) is 0. The van der Waals surface area contributed by atoms with Crippen molar-refractivity contribution in [2.45, 2.75) is 4.90 Å². The molecule has 0 unspecified atom stereocenters. The van der Waals surface area contributed by atoms with Gasteiger partial charge in [0, 0.05) is 47.0 Å². The van der Waals surface area contributed by atoms with Crippen molar-refractivity contribution in [3.05, 3.63) is 113 Å². The van der Waals surface area contributed by atoms with Crippen LogP contribution in [0.3, 0.4) is 0 Å². The molecule has 4 aromatic rings. The maximum atomic E-state index is 12.7. The van der Waals surface area contributed by atoms with Crippen molar-refractivity contribution >= 4 is 32.0 Å². The predicted octanol–water partition coefficient (Wildman–Crippen LogP) is 5.01. The van der Waals surface area contributed by atoms with Crippen molar-refractivity contribution in [2.24, 2.45) is 0 Å². The van der Waals surface area contributed by atoms with Gasteiger partial charge in [-0.2, -0.15) is 0 Å². The smallest absolute Gasteiger partial charge is 0.281 e. The maximum Gasteiger partial charge on any atom is 0.281 e. The second kappa shape index (κ2) is 9.01. The molecule has 1 N–H and O–H groups in total. The molecule has 0 atom stereocenters. The summed E-state index contributed by atoms with van der Waals surface area (Å²) in [6.07, 6.45) is 3.33. The lowest BCUT2D eigenvalue weighted by Gasteiger charge is -2.12. The SMILES string of the molecule is O=C(c1ccc(-c2cnccc2Nc2ccccc2)cc1)S(=O)(=O)c1ccc([N+](=O)[O-])cc1. The zero-order valence-electron chi connectivity index (χ0n) is 17.1. The molecule has 33 heavy (non-hydrogen) atoms. The number of anilines is 2. The first kappa shape index (κ1) is 21.8. The van der Waals surface area contributed by atoms with E-state index in [2.05, 4.69) is 10.3 Å². The molecule has 0 aliphatic heterocycles. The van der Waals surface area contributed by atoms with Crippen molar-refractivity contribution < 1.29 is 18.1 Å². The topological polar surface area (TPSA) is 119 Å². The van der Waals surface area contributed by atoms with Crippen molar-refractivity contribution in [1.29, 1.82) is 0 Å². The van der Waals surface area contributed by atoms with Crippen LogP contribution >= 0.6 is 0 Å². The molecule has 164 valence electrons. The van der Waals surface area contributed by atoms with Gasteiger partial charge in [-0.15, -0.1) is 0 Å². The average molecular weight is 459 g/mol. The largest absolute Gasteiger partial charge is 0.355 e. The highest BCUT2D eigenvalue weighted by Crippen LogP contribution is 2.30. The third-order valence-electron chi connectivity index (χ3n) is 4.91. The number of nitrogens with one attached hydrogen (secondary N) is 1. The van der Waals surface area contributed by atoms with E-state index in [1.54, 1.807) is 24.5 Å². The molecule has 1 aromatic heterocycles. The summed E-state index contributed by atoms with van der Waals surface area (Å²) in [5, 5.41) is 13.0. The second-order valence-corrected chi connectivity index (χ2v) is 8.88. The van der Waals surface area contributed by atoms with E-state index in [9.17, 15) is 23.3 Å². The minimum atomic E-state index is -4.35. The van der Waals surface area contributed by atoms with Gasteiger partial charge in [0.05, 0.1) is 9.82 Å². The highest BCUT2D eigenvalue weighted by Gasteiger charge is 2.27. The second-order valence-electron chi connectivity index (χ2n) is 7.03. The zero-order chi connectivity index (χ0) is 23.4. The lowest BCUT2D eigenvalue weighted by Crippen LogP contribution is -2.15. The van der Waals surface area contributed by atoms with Crippen molar-refractivity contribution in [2.75, 3.05) is 5.32 Å². The standard InChI is InChI=1S/C24H17N3O5S/c28-24(33(31,32)21-12-10-20(11-13-21)27(29)30)18-8-6-17(7-9-18)22-16-25-15-14-23(22)26-19-4-2-1-3-5-19/h1-16H,(H,25,26). The first-order valence-electron chi connectivity index (χ1n) is 9.76. The Balaban J connectivity index is 1.60. The number of benzene rings is 3. The molecule has 4 rings (SSSR count). The van der Waals surface area contributed by atoms with Crippen molar-refractivity contribution in [1.82, 2.24) is 4.98 Å². The molecule has 3 aromatic carbocycles. The van der Waals surface area contributed by atoms with Crippen LogP contribution in [0.5, 0.6) is 0 Å². The number of sulfone groups is 1. The zero-order valence-corrected chi connectivity index (χ0v) is 17.9. The number of nitrogens with zero attached hydrogens (tertiary/aromatic N) is 2. The lowest BCUT2D eigenvalue weighted by molar-refractivity contribution is -0.384. The fourth-order valence-corrected chi connectivity index (χ4v) is 4.36. The fraction of sp³-hybridized carbons (Fsp3) is 0. The molecular formula is C24H17N3O5S. The highest BCUT2D eigenvalue weighted by molar-refractivity contribution is 8.06. The van der Waals surface area contributed by atoms with E-state index < -0.39 is 19.9 Å². The van der Waals surface area contributed by atoms with Gasteiger partial charge in [-0.05, 0) is 48.0 Å². The Morgan fingerprint density at radius 1 is 0.879 bits per heavy atom. The number of pyridine rings is 1. The maximum absolute atomic E-state index is 12.7. The normalized spacial score (nSPS) is 11.0. The van der Waals surface area contributed by atoms with Crippen LogP contribution in [0.1, 0.15) is 10.4 Å². The van der Waals surface area contributed by atoms with E-state index in [0.717, 1.165) is 46.8 Å². The van der Waals surface area contributed by atoms with Crippen LogP contribution in [0.4, 0.5) is 17.1 Å². The average Bonchev–Trinajstić information content (AvgIpc) is 2.85. The van der Waals surface area contributed by atoms with Crippen LogP contribution in [-0.2, 0) is 9.84 Å². The van der Waals surface area contributed by atoms with E-state index in [1.165, 1.54) is 12.1 Å². The molecule has 0 radical (unpaired) electrons. The number of rotatable bonds is 6. The van der Waals surface area contributed by atoms with Crippen molar-refractivity contribution in [3.63, 3.8) is 0 Å². The van der Waals surface area contributed by atoms with E-state index >= 15 is 0 Å². The van der Waals surface area contributed by atoms with E-state index in [1.807, 2.05) is 36.4 Å². The Hall–Kier alpha value is -4.37. The molecule has 0 spiro atoms. The number of nitro groups is 1. The van der Waals surface area contributed by atoms with Gasteiger partial charge in [-0.25, -0.2) is 8.42 Å². The first-order chi connectivity index (χ1) is 15.9. The first-order valence-corrected chi connectivity index (χ1v) is 11.2. The molecule has 0 saturated carbocycles. The molecular weight excluding hydrogens is 442 g/mol. The highest BCUT2D eigenvalue weighted by atomic mass is 32.2. The van der Waals surface area contributed by atoms with E-state index in [0.29, 0.717) is 0 Å². The van der Waals surface area contributed by atoms with Gasteiger partial charge in [-0.3, -0.25) is 19.9 Å². The van der Waals surface area contributed by atoms with Gasteiger partial charge >= 0.3 is 0 Å². The lowest BCUT2D eigenvalue weighted by atomic mass is 10.0. The number of non-ortho nitro benzene ring substituents is 1. The molecule has 0 aliphatic carbocycles. The number of nitro benzene ring substituents is 1. The molecule has 8 nitrogen and oxygen atoms in total. The van der Waals surface area contributed by atoms with Gasteiger partial charge in [-0.1, -0.05) is 30.3 Å². The van der Waals surface area contributed by atoms with Crippen LogP contribution < -0.4 is 5.32 Å². The quantitative estimate of drug-likeness (QED) is 0.318. The molecule has 1 heterocycles. The molecule has 0 amide bonds. The Morgan fingerprint density at radius 2 is 1.55 bits per heavy atom. The third kappa shape index (κ3) is 4.63. The number of hydrogen-bond acceptors (Lipinski definition) is 7.